The van der Waals surface area contributed by atoms with Gasteiger partial charge in [0.25, 0.3) is 0 Å². The normalized spacial score (nSPS) is 22.1. The van der Waals surface area contributed by atoms with Crippen molar-refractivity contribution < 1.29 is 4.79 Å². The summed E-state index contributed by atoms with van der Waals surface area (Å²) in [5.41, 5.74) is 0. The summed E-state index contributed by atoms with van der Waals surface area (Å²) < 4.78 is 0.827. The predicted molar refractivity (Wildman–Crippen MR) is 88.8 cm³/mol. The number of thioether (sulfide) groups is 1. The first-order valence-corrected chi connectivity index (χ1v) is 8.97. The number of anilines is 1. The van der Waals surface area contributed by atoms with Gasteiger partial charge in [-0.3, -0.25) is 4.79 Å². The molecule has 2 heterocycles. The van der Waals surface area contributed by atoms with E-state index in [0.717, 1.165) is 22.6 Å². The van der Waals surface area contributed by atoms with Crippen molar-refractivity contribution in [2.75, 3.05) is 30.7 Å². The first-order valence-electron chi connectivity index (χ1n) is 7.17. The molecular formula is C14H22N4OS2. The molecule has 1 saturated heterocycles. The summed E-state index contributed by atoms with van der Waals surface area (Å²) in [4.78, 5) is 14.3. The van der Waals surface area contributed by atoms with E-state index in [2.05, 4.69) is 35.9 Å². The number of likely N-dealkylation sites (tertiary alicyclic amines) is 1. The van der Waals surface area contributed by atoms with Gasteiger partial charge in [-0.05, 0) is 18.3 Å². The van der Waals surface area contributed by atoms with Crippen molar-refractivity contribution in [1.29, 1.82) is 0 Å². The van der Waals surface area contributed by atoms with Crippen molar-refractivity contribution in [3.63, 3.8) is 0 Å². The Bertz CT molecular complexity index is 481. The van der Waals surface area contributed by atoms with E-state index in [0.29, 0.717) is 24.1 Å². The second-order valence-electron chi connectivity index (χ2n) is 5.58. The van der Waals surface area contributed by atoms with Gasteiger partial charge >= 0.3 is 0 Å². The predicted octanol–water partition coefficient (Wildman–Crippen LogP) is 2.73. The molecule has 0 aromatic carbocycles. The first kappa shape index (κ1) is 16.3. The van der Waals surface area contributed by atoms with Gasteiger partial charge in [-0.15, -0.1) is 16.8 Å². The maximum atomic E-state index is 12.3. The van der Waals surface area contributed by atoms with Gasteiger partial charge in [0.05, 0.1) is 5.75 Å². The van der Waals surface area contributed by atoms with Crippen molar-refractivity contribution in [2.45, 2.75) is 24.6 Å². The van der Waals surface area contributed by atoms with Crippen LogP contribution in [0.15, 0.2) is 17.0 Å². The number of hydrogen-bond acceptors (Lipinski definition) is 6. The Kier molecular flexibility index (Phi) is 6.05. The molecule has 5 nitrogen and oxygen atoms in total. The number of rotatable bonds is 6. The molecule has 0 unspecified atom stereocenters. The minimum atomic E-state index is 0.203. The largest absolute Gasteiger partial charge is 0.357 e. The lowest BCUT2D eigenvalue weighted by atomic mass is 9.92. The molecule has 1 amide bonds. The first-order chi connectivity index (χ1) is 10.1. The Morgan fingerprint density at radius 3 is 2.86 bits per heavy atom. The molecule has 1 aliphatic heterocycles. The maximum Gasteiger partial charge on any atom is 0.233 e. The molecule has 0 aliphatic carbocycles. The van der Waals surface area contributed by atoms with Gasteiger partial charge in [0.15, 0.2) is 4.34 Å². The van der Waals surface area contributed by atoms with Gasteiger partial charge in [-0.2, -0.15) is 0 Å². The highest BCUT2D eigenvalue weighted by molar-refractivity contribution is 8.01. The molecule has 0 saturated carbocycles. The summed E-state index contributed by atoms with van der Waals surface area (Å²) >= 11 is 2.94. The highest BCUT2D eigenvalue weighted by atomic mass is 32.2. The zero-order chi connectivity index (χ0) is 15.2. The second kappa shape index (κ2) is 7.79. The van der Waals surface area contributed by atoms with E-state index in [4.69, 9.17) is 0 Å². The lowest BCUT2D eigenvalue weighted by molar-refractivity contribution is -0.130. The van der Waals surface area contributed by atoms with Crippen LogP contribution in [-0.2, 0) is 4.79 Å². The molecule has 0 bridgehead atoms. The Labute approximate surface area is 134 Å². The van der Waals surface area contributed by atoms with E-state index in [1.54, 1.807) is 6.08 Å². The molecule has 2 rings (SSSR count). The fourth-order valence-corrected chi connectivity index (χ4v) is 4.24. The molecule has 1 aromatic rings. The van der Waals surface area contributed by atoms with E-state index in [-0.39, 0.29) is 5.91 Å². The Morgan fingerprint density at radius 1 is 1.48 bits per heavy atom. The minimum Gasteiger partial charge on any atom is -0.357 e. The number of amides is 1. The zero-order valence-corrected chi connectivity index (χ0v) is 14.2. The minimum absolute atomic E-state index is 0.203. The number of nitrogens with one attached hydrogen (secondary N) is 1. The van der Waals surface area contributed by atoms with Gasteiger partial charge in [-0.25, -0.2) is 0 Å². The molecule has 1 aromatic heterocycles. The Morgan fingerprint density at radius 2 is 2.19 bits per heavy atom. The highest BCUT2D eigenvalue weighted by Gasteiger charge is 2.25. The van der Waals surface area contributed by atoms with E-state index in [9.17, 15) is 4.79 Å². The number of carbonyl (C=O) groups excluding carboxylic acids is 1. The third-order valence-electron chi connectivity index (χ3n) is 3.34. The van der Waals surface area contributed by atoms with Crippen molar-refractivity contribution in [1.82, 2.24) is 15.1 Å². The average molecular weight is 326 g/mol. The fraction of sp³-hybridized carbons (Fsp3) is 0.643. The van der Waals surface area contributed by atoms with Crippen LogP contribution in [0.3, 0.4) is 0 Å². The molecule has 2 atom stereocenters. The third-order valence-corrected chi connectivity index (χ3v) is 5.34. The summed E-state index contributed by atoms with van der Waals surface area (Å²) in [5.74, 6) is 1.84. The van der Waals surface area contributed by atoms with Crippen LogP contribution in [0, 0.1) is 11.8 Å². The van der Waals surface area contributed by atoms with E-state index in [1.807, 2.05) is 4.90 Å². The van der Waals surface area contributed by atoms with Gasteiger partial charge in [0.2, 0.25) is 11.0 Å². The van der Waals surface area contributed by atoms with Crippen molar-refractivity contribution in [3.8, 4) is 0 Å². The van der Waals surface area contributed by atoms with Crippen LogP contribution in [0.25, 0.3) is 0 Å². The third kappa shape index (κ3) is 5.00. The smallest absolute Gasteiger partial charge is 0.233 e. The summed E-state index contributed by atoms with van der Waals surface area (Å²) in [7, 11) is 0. The fourth-order valence-electron chi connectivity index (χ4n) is 2.58. The van der Waals surface area contributed by atoms with Crippen LogP contribution in [-0.4, -0.2) is 46.4 Å². The monoisotopic (exact) mass is 326 g/mol. The number of piperidine rings is 1. The topological polar surface area (TPSA) is 58.1 Å². The van der Waals surface area contributed by atoms with Gasteiger partial charge in [-0.1, -0.05) is 43.0 Å². The van der Waals surface area contributed by atoms with Gasteiger partial charge < -0.3 is 10.2 Å². The molecule has 0 spiro atoms. The van der Waals surface area contributed by atoms with E-state index >= 15 is 0 Å². The Hall–Kier alpha value is -1.08. The lowest BCUT2D eigenvalue weighted by Gasteiger charge is -2.34. The second-order valence-corrected chi connectivity index (χ2v) is 7.78. The molecule has 1 aliphatic rings. The summed E-state index contributed by atoms with van der Waals surface area (Å²) in [6.07, 6.45) is 2.99. The number of nitrogens with zero attached hydrogens (tertiary/aromatic N) is 3. The molecule has 1 fully saturated rings. The molecular weight excluding hydrogens is 304 g/mol. The maximum absolute atomic E-state index is 12.3. The summed E-state index contributed by atoms with van der Waals surface area (Å²) in [5, 5.41) is 12.0. The highest BCUT2D eigenvalue weighted by Crippen LogP contribution is 2.27. The SMILES string of the molecule is C=CCNc1nnc(SCC(=O)N2C[C@H](C)C[C@H](C)C2)s1. The standard InChI is InChI=1S/C14H22N4OS2/c1-4-5-15-13-16-17-14(21-13)20-9-12(19)18-7-10(2)6-11(3)8-18/h4,10-11H,1,5-9H2,2-3H3,(H,15,16)/t10-,11+. The zero-order valence-electron chi connectivity index (χ0n) is 12.5. The van der Waals surface area contributed by atoms with Crippen LogP contribution in [0.5, 0.6) is 0 Å². The van der Waals surface area contributed by atoms with Gasteiger partial charge in [0, 0.05) is 19.6 Å². The van der Waals surface area contributed by atoms with Crippen molar-refractivity contribution in [2.24, 2.45) is 11.8 Å². The molecule has 21 heavy (non-hydrogen) atoms. The summed E-state index contributed by atoms with van der Waals surface area (Å²) in [6, 6.07) is 0. The molecule has 1 N–H and O–H groups in total. The van der Waals surface area contributed by atoms with E-state index in [1.165, 1.54) is 29.5 Å². The van der Waals surface area contributed by atoms with Crippen LogP contribution in [0.1, 0.15) is 20.3 Å². The average Bonchev–Trinajstić information content (AvgIpc) is 2.89. The molecule has 0 radical (unpaired) electrons. The van der Waals surface area contributed by atoms with Crippen LogP contribution in [0.2, 0.25) is 0 Å². The lowest BCUT2D eigenvalue weighted by Crippen LogP contribution is -2.43. The number of hydrogen-bond donors (Lipinski definition) is 1. The Balaban J connectivity index is 1.80. The number of aromatic nitrogens is 2. The van der Waals surface area contributed by atoms with Crippen LogP contribution < -0.4 is 5.32 Å². The molecule has 116 valence electrons. The van der Waals surface area contributed by atoms with Crippen molar-refractivity contribution >= 4 is 34.1 Å². The van der Waals surface area contributed by atoms with Crippen LogP contribution >= 0.6 is 23.1 Å². The van der Waals surface area contributed by atoms with E-state index < -0.39 is 0 Å². The van der Waals surface area contributed by atoms with Gasteiger partial charge in [0.1, 0.15) is 0 Å². The summed E-state index contributed by atoms with van der Waals surface area (Å²) in [6.45, 7) is 10.5. The number of carbonyl (C=O) groups is 1. The van der Waals surface area contributed by atoms with Crippen LogP contribution in [0.4, 0.5) is 5.13 Å². The quantitative estimate of drug-likeness (QED) is 0.643. The van der Waals surface area contributed by atoms with Crippen molar-refractivity contribution in [3.05, 3.63) is 12.7 Å². The molecule has 7 heteroatoms.